The third-order valence-corrected chi connectivity index (χ3v) is 4.02. The van der Waals surface area contributed by atoms with Crippen molar-refractivity contribution in [3.05, 3.63) is 18.2 Å². The highest BCUT2D eigenvalue weighted by atomic mass is 32.2. The quantitative estimate of drug-likeness (QED) is 0.614. The summed E-state index contributed by atoms with van der Waals surface area (Å²) in [5, 5.41) is 11.2. The molecule has 0 atom stereocenters. The number of benzene rings is 1. The molecule has 1 aromatic heterocycles. The van der Waals surface area contributed by atoms with Crippen LogP contribution in [0.1, 0.15) is 19.8 Å². The minimum Gasteiger partial charge on any atom is -0.454 e. The fraction of sp³-hybridized carbons (Fsp3) is 0.400. The van der Waals surface area contributed by atoms with Crippen molar-refractivity contribution >= 4 is 17.7 Å². The maximum absolute atomic E-state index is 11.6. The highest BCUT2D eigenvalue weighted by molar-refractivity contribution is 7.99. The average Bonchev–Trinajstić information content (AvgIpc) is 3.21. The molecule has 1 aliphatic rings. The molecular weight excluding hydrogens is 318 g/mol. The SMILES string of the molecule is CCCCNC(=O)CSc1nnc(-c2ccc3c(c2)OCO3)o1. The Hall–Kier alpha value is -2.22. The zero-order valence-electron chi connectivity index (χ0n) is 12.7. The van der Waals surface area contributed by atoms with Gasteiger partial charge in [0.1, 0.15) is 0 Å². The van der Waals surface area contributed by atoms with Gasteiger partial charge in [-0.2, -0.15) is 0 Å². The van der Waals surface area contributed by atoms with Crippen molar-refractivity contribution in [1.29, 1.82) is 0 Å². The summed E-state index contributed by atoms with van der Waals surface area (Å²) in [7, 11) is 0. The van der Waals surface area contributed by atoms with Crippen molar-refractivity contribution in [2.24, 2.45) is 0 Å². The van der Waals surface area contributed by atoms with Gasteiger partial charge in [0, 0.05) is 12.1 Å². The van der Waals surface area contributed by atoms with Crippen molar-refractivity contribution in [1.82, 2.24) is 15.5 Å². The zero-order chi connectivity index (χ0) is 16.1. The lowest BCUT2D eigenvalue weighted by Crippen LogP contribution is -2.25. The molecule has 1 aliphatic heterocycles. The number of nitrogens with one attached hydrogen (secondary N) is 1. The van der Waals surface area contributed by atoms with Crippen LogP contribution in [0, 0.1) is 0 Å². The van der Waals surface area contributed by atoms with Gasteiger partial charge in [0.25, 0.3) is 5.22 Å². The number of ether oxygens (including phenoxy) is 2. The fourth-order valence-corrected chi connectivity index (χ4v) is 2.59. The molecule has 0 unspecified atom stereocenters. The van der Waals surface area contributed by atoms with Gasteiger partial charge in [-0.25, -0.2) is 0 Å². The van der Waals surface area contributed by atoms with Gasteiger partial charge in [0.05, 0.1) is 5.75 Å². The first-order valence-corrected chi connectivity index (χ1v) is 8.38. The van der Waals surface area contributed by atoms with E-state index in [1.165, 1.54) is 11.8 Å². The largest absolute Gasteiger partial charge is 0.454 e. The summed E-state index contributed by atoms with van der Waals surface area (Å²) in [6, 6.07) is 5.42. The molecule has 7 nitrogen and oxygen atoms in total. The second-order valence-corrected chi connectivity index (χ2v) is 5.86. The van der Waals surface area contributed by atoms with E-state index in [-0.39, 0.29) is 18.5 Å². The van der Waals surface area contributed by atoms with Gasteiger partial charge < -0.3 is 19.2 Å². The number of aromatic nitrogens is 2. The standard InChI is InChI=1S/C15H17N3O4S/c1-2-3-6-16-13(19)8-23-15-18-17-14(22-15)10-4-5-11-12(7-10)21-9-20-11/h4-5,7H,2-3,6,8-9H2,1H3,(H,16,19). The van der Waals surface area contributed by atoms with Crippen LogP contribution in [0.4, 0.5) is 0 Å². The molecule has 8 heteroatoms. The molecule has 2 aromatic rings. The van der Waals surface area contributed by atoms with Gasteiger partial charge in [-0.15, -0.1) is 10.2 Å². The van der Waals surface area contributed by atoms with Crippen LogP contribution < -0.4 is 14.8 Å². The summed E-state index contributed by atoms with van der Waals surface area (Å²) >= 11 is 1.22. The molecule has 2 heterocycles. The summed E-state index contributed by atoms with van der Waals surface area (Å²) in [6.45, 7) is 3.00. The second-order valence-electron chi connectivity index (χ2n) is 4.93. The number of hydrogen-bond acceptors (Lipinski definition) is 7. The molecule has 0 saturated heterocycles. The topological polar surface area (TPSA) is 86.5 Å². The molecule has 122 valence electrons. The minimum atomic E-state index is -0.0359. The first-order chi connectivity index (χ1) is 11.3. The van der Waals surface area contributed by atoms with Gasteiger partial charge >= 0.3 is 0 Å². The summed E-state index contributed by atoms with van der Waals surface area (Å²) < 4.78 is 16.2. The van der Waals surface area contributed by atoms with Crippen LogP contribution in [0.15, 0.2) is 27.8 Å². The number of hydrogen-bond donors (Lipinski definition) is 1. The molecule has 0 saturated carbocycles. The van der Waals surface area contributed by atoms with Gasteiger partial charge in [0.15, 0.2) is 11.5 Å². The molecule has 0 bridgehead atoms. The van der Waals surface area contributed by atoms with Crippen molar-refractivity contribution in [3.63, 3.8) is 0 Å². The predicted molar refractivity (Wildman–Crippen MR) is 84.5 cm³/mol. The first kappa shape index (κ1) is 15.7. The summed E-state index contributed by atoms with van der Waals surface area (Å²) in [6.07, 6.45) is 2.03. The van der Waals surface area contributed by atoms with Crippen molar-refractivity contribution in [3.8, 4) is 23.0 Å². The Kier molecular flexibility index (Phi) is 5.02. The lowest BCUT2D eigenvalue weighted by atomic mass is 10.2. The van der Waals surface area contributed by atoms with E-state index < -0.39 is 0 Å². The fourth-order valence-electron chi connectivity index (χ4n) is 2.00. The second kappa shape index (κ2) is 7.36. The van der Waals surface area contributed by atoms with Crippen LogP contribution in [-0.4, -0.2) is 35.2 Å². The lowest BCUT2D eigenvalue weighted by molar-refractivity contribution is -0.118. The van der Waals surface area contributed by atoms with E-state index in [1.807, 2.05) is 6.07 Å². The lowest BCUT2D eigenvalue weighted by Gasteiger charge is -2.01. The number of carbonyl (C=O) groups excluding carboxylic acids is 1. The highest BCUT2D eigenvalue weighted by Gasteiger charge is 2.17. The van der Waals surface area contributed by atoms with E-state index in [4.69, 9.17) is 13.9 Å². The first-order valence-electron chi connectivity index (χ1n) is 7.39. The zero-order valence-corrected chi connectivity index (χ0v) is 13.5. The van der Waals surface area contributed by atoms with Crippen LogP contribution in [0.3, 0.4) is 0 Å². The minimum absolute atomic E-state index is 0.0359. The molecule has 0 fully saturated rings. The highest BCUT2D eigenvalue weighted by Crippen LogP contribution is 2.35. The third kappa shape index (κ3) is 3.95. The van der Waals surface area contributed by atoms with Crippen LogP contribution in [0.25, 0.3) is 11.5 Å². The summed E-state index contributed by atoms with van der Waals surface area (Å²) in [4.78, 5) is 11.6. The maximum atomic E-state index is 11.6. The number of nitrogens with zero attached hydrogens (tertiary/aromatic N) is 2. The van der Waals surface area contributed by atoms with Crippen LogP contribution in [0.5, 0.6) is 11.5 Å². The number of thioether (sulfide) groups is 1. The summed E-state index contributed by atoms with van der Waals surface area (Å²) in [5.41, 5.74) is 0.751. The van der Waals surface area contributed by atoms with E-state index in [0.29, 0.717) is 29.2 Å². The van der Waals surface area contributed by atoms with Crippen LogP contribution in [-0.2, 0) is 4.79 Å². The van der Waals surface area contributed by atoms with E-state index in [1.54, 1.807) is 12.1 Å². The van der Waals surface area contributed by atoms with Crippen molar-refractivity contribution < 1.29 is 18.7 Å². The van der Waals surface area contributed by atoms with Gasteiger partial charge in [0.2, 0.25) is 18.6 Å². The van der Waals surface area contributed by atoms with Gasteiger partial charge in [-0.3, -0.25) is 4.79 Å². The number of amides is 1. The molecule has 1 amide bonds. The maximum Gasteiger partial charge on any atom is 0.277 e. The monoisotopic (exact) mass is 335 g/mol. The molecule has 1 aromatic carbocycles. The van der Waals surface area contributed by atoms with E-state index in [2.05, 4.69) is 22.4 Å². The molecule has 0 radical (unpaired) electrons. The number of fused-ring (bicyclic) bond motifs is 1. The molecule has 3 rings (SSSR count). The Morgan fingerprint density at radius 1 is 1.30 bits per heavy atom. The Balaban J connectivity index is 1.57. The average molecular weight is 335 g/mol. The van der Waals surface area contributed by atoms with Crippen molar-refractivity contribution in [2.45, 2.75) is 25.0 Å². The van der Waals surface area contributed by atoms with Crippen molar-refractivity contribution in [2.75, 3.05) is 19.1 Å². The number of unbranched alkanes of at least 4 members (excludes halogenated alkanes) is 1. The molecule has 0 spiro atoms. The summed E-state index contributed by atoms with van der Waals surface area (Å²) in [5.74, 6) is 1.97. The Morgan fingerprint density at radius 2 is 2.17 bits per heavy atom. The number of rotatable bonds is 7. The Labute approximate surface area is 137 Å². The normalized spacial score (nSPS) is 12.4. The van der Waals surface area contributed by atoms with E-state index >= 15 is 0 Å². The number of carbonyl (C=O) groups is 1. The molecule has 0 aliphatic carbocycles. The van der Waals surface area contributed by atoms with E-state index in [9.17, 15) is 4.79 Å². The van der Waals surface area contributed by atoms with Crippen LogP contribution >= 0.6 is 11.8 Å². The van der Waals surface area contributed by atoms with E-state index in [0.717, 1.165) is 18.4 Å². The molecular formula is C15H17N3O4S. The Bertz CT molecular complexity index is 689. The smallest absolute Gasteiger partial charge is 0.277 e. The molecule has 1 N–H and O–H groups in total. The van der Waals surface area contributed by atoms with Gasteiger partial charge in [-0.1, -0.05) is 25.1 Å². The molecule has 23 heavy (non-hydrogen) atoms. The predicted octanol–water partition coefficient (Wildman–Crippen LogP) is 2.47. The third-order valence-electron chi connectivity index (χ3n) is 3.21. The Morgan fingerprint density at radius 3 is 3.04 bits per heavy atom. The van der Waals surface area contributed by atoms with Gasteiger partial charge in [-0.05, 0) is 24.6 Å². The van der Waals surface area contributed by atoms with Crippen LogP contribution in [0.2, 0.25) is 0 Å².